The maximum atomic E-state index is 12.1. The Labute approximate surface area is 144 Å². The smallest absolute Gasteiger partial charge is 0.239 e. The van der Waals surface area contributed by atoms with Crippen LogP contribution in [0.1, 0.15) is 5.56 Å². The largest absolute Gasteiger partial charge is 0.354 e. The van der Waals surface area contributed by atoms with Crippen LogP contribution in [0.2, 0.25) is 5.02 Å². The predicted molar refractivity (Wildman–Crippen MR) is 93.1 cm³/mol. The highest BCUT2D eigenvalue weighted by atomic mass is 35.5. The molecule has 1 amide bonds. The highest BCUT2D eigenvalue weighted by molar-refractivity contribution is 6.30. The van der Waals surface area contributed by atoms with E-state index >= 15 is 0 Å². The van der Waals surface area contributed by atoms with Crippen molar-refractivity contribution >= 4 is 34.5 Å². The number of carbonyl (C=O) groups is 1. The second-order valence-electron chi connectivity index (χ2n) is 5.38. The molecule has 7 nitrogen and oxygen atoms in total. The molecule has 2 heterocycles. The quantitative estimate of drug-likeness (QED) is 0.712. The molecule has 1 aromatic carbocycles. The number of halogens is 1. The molecule has 0 bridgehead atoms. The van der Waals surface area contributed by atoms with Gasteiger partial charge in [-0.05, 0) is 24.1 Å². The Kier molecular flexibility index (Phi) is 4.90. The van der Waals surface area contributed by atoms with Crippen molar-refractivity contribution in [3.63, 3.8) is 0 Å². The van der Waals surface area contributed by atoms with Gasteiger partial charge in [0.2, 0.25) is 5.91 Å². The summed E-state index contributed by atoms with van der Waals surface area (Å²) in [4.78, 5) is 29.2. The average molecular weight is 345 g/mol. The number of H-pyrrole nitrogens is 1. The van der Waals surface area contributed by atoms with Crippen LogP contribution < -0.4 is 10.2 Å². The zero-order valence-electron chi connectivity index (χ0n) is 13.2. The van der Waals surface area contributed by atoms with E-state index in [2.05, 4.69) is 25.3 Å². The Hall–Kier alpha value is -2.67. The van der Waals surface area contributed by atoms with Gasteiger partial charge in [0.1, 0.15) is 11.8 Å². The van der Waals surface area contributed by atoms with Crippen LogP contribution >= 0.6 is 11.6 Å². The lowest BCUT2D eigenvalue weighted by molar-refractivity contribution is -0.119. The number of hydrogen-bond donors (Lipinski definition) is 2. The van der Waals surface area contributed by atoms with Gasteiger partial charge in [0.05, 0.1) is 12.9 Å². The first kappa shape index (κ1) is 16.2. The summed E-state index contributed by atoms with van der Waals surface area (Å²) >= 11 is 5.85. The van der Waals surface area contributed by atoms with Crippen molar-refractivity contribution in [1.29, 1.82) is 0 Å². The highest BCUT2D eigenvalue weighted by Crippen LogP contribution is 2.17. The first-order chi connectivity index (χ1) is 11.6. The van der Waals surface area contributed by atoms with Crippen molar-refractivity contribution in [2.24, 2.45) is 0 Å². The van der Waals surface area contributed by atoms with Crippen molar-refractivity contribution in [3.05, 3.63) is 47.5 Å². The summed E-state index contributed by atoms with van der Waals surface area (Å²) < 4.78 is 0. The number of rotatable bonds is 6. The molecule has 0 atom stereocenters. The zero-order chi connectivity index (χ0) is 16.9. The van der Waals surface area contributed by atoms with E-state index in [9.17, 15) is 4.79 Å². The number of benzene rings is 1. The molecule has 124 valence electrons. The number of aromatic amines is 1. The van der Waals surface area contributed by atoms with Crippen LogP contribution in [0.3, 0.4) is 0 Å². The van der Waals surface area contributed by atoms with Gasteiger partial charge in [-0.2, -0.15) is 0 Å². The molecule has 24 heavy (non-hydrogen) atoms. The minimum atomic E-state index is -0.0715. The number of nitrogens with one attached hydrogen (secondary N) is 2. The number of imidazole rings is 1. The number of hydrogen-bond acceptors (Lipinski definition) is 5. The molecule has 0 unspecified atom stereocenters. The Morgan fingerprint density at radius 1 is 1.25 bits per heavy atom. The van der Waals surface area contributed by atoms with E-state index in [1.807, 2.05) is 24.3 Å². The molecule has 8 heteroatoms. The summed E-state index contributed by atoms with van der Waals surface area (Å²) in [7, 11) is 1.81. The normalized spacial score (nSPS) is 10.8. The average Bonchev–Trinajstić information content (AvgIpc) is 3.05. The van der Waals surface area contributed by atoms with Crippen molar-refractivity contribution in [2.45, 2.75) is 6.42 Å². The van der Waals surface area contributed by atoms with Crippen molar-refractivity contribution in [3.8, 4) is 0 Å². The number of nitrogens with zero attached hydrogens (tertiary/aromatic N) is 4. The number of amides is 1. The number of carbonyl (C=O) groups excluding carboxylic acids is 1. The Morgan fingerprint density at radius 3 is 2.83 bits per heavy atom. The first-order valence-corrected chi connectivity index (χ1v) is 7.87. The van der Waals surface area contributed by atoms with Crippen LogP contribution in [0.25, 0.3) is 11.2 Å². The van der Waals surface area contributed by atoms with E-state index in [0.717, 1.165) is 12.0 Å². The predicted octanol–water partition coefficient (Wildman–Crippen LogP) is 1.80. The monoisotopic (exact) mass is 344 g/mol. The van der Waals surface area contributed by atoms with Gasteiger partial charge >= 0.3 is 0 Å². The van der Waals surface area contributed by atoms with Crippen LogP contribution in [0.5, 0.6) is 0 Å². The number of fused-ring (bicyclic) bond motifs is 1. The van der Waals surface area contributed by atoms with Gasteiger partial charge in [-0.3, -0.25) is 4.79 Å². The zero-order valence-corrected chi connectivity index (χ0v) is 13.9. The third-order valence-electron chi connectivity index (χ3n) is 3.59. The molecule has 0 aliphatic rings. The third kappa shape index (κ3) is 3.80. The number of aromatic nitrogens is 4. The standard InChI is InChI=1S/C16H17ClN6O/c1-23(16-14-15(20-9-19-14)21-10-22-16)8-13(24)18-7-6-11-2-4-12(17)5-3-11/h2-5,9-10H,6-8H2,1H3,(H,18,24)(H,19,20,21,22). The van der Waals surface area contributed by atoms with E-state index in [4.69, 9.17) is 11.6 Å². The highest BCUT2D eigenvalue weighted by Gasteiger charge is 2.13. The van der Waals surface area contributed by atoms with Gasteiger partial charge in [0.25, 0.3) is 0 Å². The maximum Gasteiger partial charge on any atom is 0.239 e. The van der Waals surface area contributed by atoms with Gasteiger partial charge in [-0.15, -0.1) is 0 Å². The van der Waals surface area contributed by atoms with Gasteiger partial charge in [0.15, 0.2) is 11.5 Å². The molecule has 0 saturated heterocycles. The summed E-state index contributed by atoms with van der Waals surface area (Å²) in [6.45, 7) is 0.767. The van der Waals surface area contributed by atoms with Crippen LogP contribution in [0.15, 0.2) is 36.9 Å². The topological polar surface area (TPSA) is 86.8 Å². The lowest BCUT2D eigenvalue weighted by Crippen LogP contribution is -2.36. The summed E-state index contributed by atoms with van der Waals surface area (Å²) in [6.07, 6.45) is 3.75. The molecule has 0 fully saturated rings. The fourth-order valence-electron chi connectivity index (χ4n) is 2.39. The van der Waals surface area contributed by atoms with Crippen LogP contribution in [-0.4, -0.2) is 46.0 Å². The minimum Gasteiger partial charge on any atom is -0.354 e. The van der Waals surface area contributed by atoms with Gasteiger partial charge in [-0.1, -0.05) is 23.7 Å². The second kappa shape index (κ2) is 7.27. The number of likely N-dealkylation sites (N-methyl/N-ethyl adjacent to an activating group) is 1. The second-order valence-corrected chi connectivity index (χ2v) is 5.82. The molecule has 2 aromatic heterocycles. The van der Waals surface area contributed by atoms with Crippen molar-refractivity contribution in [1.82, 2.24) is 25.3 Å². The van der Waals surface area contributed by atoms with Gasteiger partial charge in [-0.25, -0.2) is 15.0 Å². The van der Waals surface area contributed by atoms with Crippen LogP contribution in [-0.2, 0) is 11.2 Å². The molecule has 2 N–H and O–H groups in total. The Morgan fingerprint density at radius 2 is 2.04 bits per heavy atom. The van der Waals surface area contributed by atoms with Crippen molar-refractivity contribution < 1.29 is 4.79 Å². The fraction of sp³-hybridized carbons (Fsp3) is 0.250. The lowest BCUT2D eigenvalue weighted by atomic mass is 10.1. The maximum absolute atomic E-state index is 12.1. The fourth-order valence-corrected chi connectivity index (χ4v) is 2.51. The minimum absolute atomic E-state index is 0.0715. The van der Waals surface area contributed by atoms with Crippen LogP contribution in [0.4, 0.5) is 5.82 Å². The Bertz CT molecular complexity index is 832. The van der Waals surface area contributed by atoms with E-state index in [0.29, 0.717) is 28.5 Å². The molecule has 0 saturated carbocycles. The summed E-state index contributed by atoms with van der Waals surface area (Å²) in [5.74, 6) is 0.572. The van der Waals surface area contributed by atoms with E-state index < -0.39 is 0 Å². The summed E-state index contributed by atoms with van der Waals surface area (Å²) in [6, 6.07) is 7.60. The summed E-state index contributed by atoms with van der Waals surface area (Å²) in [5.41, 5.74) is 2.42. The van der Waals surface area contributed by atoms with E-state index in [1.54, 1.807) is 18.3 Å². The summed E-state index contributed by atoms with van der Waals surface area (Å²) in [5, 5.41) is 3.61. The lowest BCUT2D eigenvalue weighted by Gasteiger charge is -2.17. The molecule has 3 aromatic rings. The molecular weight excluding hydrogens is 328 g/mol. The van der Waals surface area contributed by atoms with Gasteiger partial charge in [0, 0.05) is 18.6 Å². The molecular formula is C16H17ClN6O. The molecule has 3 rings (SSSR count). The van der Waals surface area contributed by atoms with Crippen LogP contribution in [0, 0.1) is 0 Å². The SMILES string of the molecule is CN(CC(=O)NCCc1ccc(Cl)cc1)c1ncnc2nc[nH]c12. The molecule has 0 radical (unpaired) electrons. The van der Waals surface area contributed by atoms with Crippen molar-refractivity contribution in [2.75, 3.05) is 25.0 Å². The molecule has 0 spiro atoms. The number of anilines is 1. The van der Waals surface area contributed by atoms with E-state index in [-0.39, 0.29) is 12.5 Å². The Balaban J connectivity index is 1.53. The first-order valence-electron chi connectivity index (χ1n) is 7.50. The van der Waals surface area contributed by atoms with Gasteiger partial charge < -0.3 is 15.2 Å². The molecule has 0 aliphatic carbocycles. The molecule has 0 aliphatic heterocycles. The van der Waals surface area contributed by atoms with E-state index in [1.165, 1.54) is 6.33 Å². The third-order valence-corrected chi connectivity index (χ3v) is 3.85.